The molecule has 0 spiro atoms. The fourth-order valence-electron chi connectivity index (χ4n) is 1.82. The topological polar surface area (TPSA) is 75.7 Å². The van der Waals surface area contributed by atoms with Crippen LogP contribution in [0.2, 0.25) is 0 Å². The van der Waals surface area contributed by atoms with Gasteiger partial charge in [0.05, 0.1) is 10.3 Å². The molecule has 0 fully saturated rings. The number of rotatable bonds is 3. The molecule has 2 aromatic carbocycles. The Hall–Kier alpha value is -2.43. The minimum absolute atomic E-state index is 0.0722. The zero-order valence-electron chi connectivity index (χ0n) is 8.91. The number of hydrogen-bond donors (Lipinski definition) is 1. The number of hydrogen-bond acceptors (Lipinski definition) is 4. The van der Waals surface area contributed by atoms with Crippen LogP contribution < -0.4 is 0 Å². The van der Waals surface area contributed by atoms with Crippen molar-refractivity contribution in [3.8, 4) is 0 Å². The van der Waals surface area contributed by atoms with Gasteiger partial charge in [-0.3, -0.25) is 10.1 Å². The molecule has 0 atom stereocenters. The van der Waals surface area contributed by atoms with E-state index in [1.807, 2.05) is 18.2 Å². The van der Waals surface area contributed by atoms with Crippen molar-refractivity contribution < 1.29 is 10.1 Å². The summed E-state index contributed by atoms with van der Waals surface area (Å²) in [5.41, 5.74) is 0.606. The maximum absolute atomic E-state index is 11.1. The van der Waals surface area contributed by atoms with Crippen LogP contribution in [0.1, 0.15) is 5.56 Å². The summed E-state index contributed by atoms with van der Waals surface area (Å²) >= 11 is 0. The molecule has 0 aliphatic carbocycles. The van der Waals surface area contributed by atoms with E-state index < -0.39 is 4.92 Å². The van der Waals surface area contributed by atoms with E-state index in [2.05, 4.69) is 5.16 Å². The molecule has 0 bridgehead atoms. The van der Waals surface area contributed by atoms with E-state index in [0.29, 0.717) is 10.9 Å². The Morgan fingerprint density at radius 3 is 2.76 bits per heavy atom. The lowest BCUT2D eigenvalue weighted by Crippen LogP contribution is -1.97. The van der Waals surface area contributed by atoms with Gasteiger partial charge in [-0.1, -0.05) is 30.3 Å². The highest BCUT2D eigenvalue weighted by Crippen LogP contribution is 2.29. The van der Waals surface area contributed by atoms with Crippen LogP contribution in [-0.4, -0.2) is 16.3 Å². The van der Waals surface area contributed by atoms with E-state index in [1.54, 1.807) is 18.2 Å². The molecule has 1 N–H and O–H groups in total. The van der Waals surface area contributed by atoms with Crippen molar-refractivity contribution in [2.45, 2.75) is 6.42 Å². The third kappa shape index (κ3) is 2.08. The second-order valence-corrected chi connectivity index (χ2v) is 3.55. The lowest BCUT2D eigenvalue weighted by atomic mass is 10.0. The summed E-state index contributed by atoms with van der Waals surface area (Å²) in [7, 11) is 0. The molecule has 86 valence electrons. The van der Waals surface area contributed by atoms with E-state index in [9.17, 15) is 10.1 Å². The monoisotopic (exact) mass is 230 g/mol. The van der Waals surface area contributed by atoms with Crippen LogP contribution in [0.15, 0.2) is 41.6 Å². The van der Waals surface area contributed by atoms with Gasteiger partial charge in [-0.15, -0.1) is 5.16 Å². The zero-order chi connectivity index (χ0) is 12.3. The van der Waals surface area contributed by atoms with Gasteiger partial charge >= 0.3 is 0 Å². The van der Waals surface area contributed by atoms with E-state index in [0.717, 1.165) is 5.39 Å². The van der Waals surface area contributed by atoms with Crippen molar-refractivity contribution in [1.29, 1.82) is 0 Å². The molecule has 0 saturated heterocycles. The first kappa shape index (κ1) is 11.1. The summed E-state index contributed by atoms with van der Waals surface area (Å²) in [4.78, 5) is 10.7. The van der Waals surface area contributed by atoms with Crippen LogP contribution in [0.5, 0.6) is 0 Å². The molecule has 2 aromatic rings. The van der Waals surface area contributed by atoms with Gasteiger partial charge in [-0.2, -0.15) is 0 Å². The average molecular weight is 230 g/mol. The van der Waals surface area contributed by atoms with E-state index in [4.69, 9.17) is 5.21 Å². The summed E-state index contributed by atoms with van der Waals surface area (Å²) in [6.45, 7) is 0. The van der Waals surface area contributed by atoms with Crippen LogP contribution in [0.4, 0.5) is 5.69 Å². The largest absolute Gasteiger partial charge is 0.411 e. The van der Waals surface area contributed by atoms with Crippen LogP contribution in [0.25, 0.3) is 10.8 Å². The quantitative estimate of drug-likeness (QED) is 0.381. The molecule has 2 rings (SSSR count). The van der Waals surface area contributed by atoms with Gasteiger partial charge in [-0.25, -0.2) is 0 Å². The molecular weight excluding hydrogens is 220 g/mol. The van der Waals surface area contributed by atoms with Gasteiger partial charge < -0.3 is 5.21 Å². The summed E-state index contributed by atoms with van der Waals surface area (Å²) < 4.78 is 0. The van der Waals surface area contributed by atoms with Gasteiger partial charge in [0.2, 0.25) is 0 Å². The maximum atomic E-state index is 11.1. The molecule has 0 unspecified atom stereocenters. The van der Waals surface area contributed by atoms with Gasteiger partial charge in [0, 0.05) is 18.2 Å². The van der Waals surface area contributed by atoms with E-state index in [1.165, 1.54) is 6.21 Å². The van der Waals surface area contributed by atoms with Gasteiger partial charge in [0.1, 0.15) is 0 Å². The van der Waals surface area contributed by atoms with Crippen molar-refractivity contribution in [3.63, 3.8) is 0 Å². The molecule has 0 amide bonds. The molecule has 5 heteroatoms. The minimum atomic E-state index is -0.400. The Kier molecular flexibility index (Phi) is 3.00. The maximum Gasteiger partial charge on any atom is 0.280 e. The first-order valence-corrected chi connectivity index (χ1v) is 5.05. The molecule has 17 heavy (non-hydrogen) atoms. The molecule has 0 heterocycles. The van der Waals surface area contributed by atoms with Gasteiger partial charge in [-0.05, 0) is 11.5 Å². The Morgan fingerprint density at radius 2 is 2.06 bits per heavy atom. The smallest absolute Gasteiger partial charge is 0.280 e. The van der Waals surface area contributed by atoms with Crippen LogP contribution in [0.3, 0.4) is 0 Å². The molecule has 5 nitrogen and oxygen atoms in total. The van der Waals surface area contributed by atoms with Gasteiger partial charge in [0.25, 0.3) is 5.69 Å². The number of oxime groups is 1. The molecule has 0 saturated carbocycles. The van der Waals surface area contributed by atoms with Crippen LogP contribution in [0, 0.1) is 10.1 Å². The summed E-state index contributed by atoms with van der Waals surface area (Å²) in [5.74, 6) is 0. The summed E-state index contributed by atoms with van der Waals surface area (Å²) in [6, 6.07) is 10.6. The van der Waals surface area contributed by atoms with E-state index >= 15 is 0 Å². The Balaban J connectivity index is 2.68. The molecule has 0 aliphatic heterocycles. The van der Waals surface area contributed by atoms with Gasteiger partial charge in [0.15, 0.2) is 0 Å². The van der Waals surface area contributed by atoms with Crippen molar-refractivity contribution in [2.75, 3.05) is 0 Å². The predicted molar refractivity (Wildman–Crippen MR) is 64.6 cm³/mol. The minimum Gasteiger partial charge on any atom is -0.411 e. The number of nitrogens with zero attached hydrogens (tertiary/aromatic N) is 2. The average Bonchev–Trinajstić information content (AvgIpc) is 2.35. The number of fused-ring (bicyclic) bond motifs is 1. The standard InChI is InChI=1S/C12H10N2O3/c15-13-8-7-10-6-5-9-3-1-2-4-11(9)12(10)14(16)17/h1-6,8,15H,7H2/b13-8-. The number of benzene rings is 2. The Bertz CT molecular complexity index is 593. The van der Waals surface area contributed by atoms with Crippen LogP contribution in [-0.2, 0) is 6.42 Å². The molecular formula is C12H10N2O3. The number of nitro benzene ring substituents is 1. The first-order chi connectivity index (χ1) is 8.24. The molecule has 0 radical (unpaired) electrons. The lowest BCUT2D eigenvalue weighted by molar-refractivity contribution is -0.383. The summed E-state index contributed by atoms with van der Waals surface area (Å²) in [6.07, 6.45) is 1.47. The number of nitro groups is 1. The van der Waals surface area contributed by atoms with Crippen molar-refractivity contribution in [2.24, 2.45) is 5.16 Å². The van der Waals surface area contributed by atoms with Crippen molar-refractivity contribution >= 4 is 22.7 Å². The Morgan fingerprint density at radius 1 is 1.29 bits per heavy atom. The normalized spacial score (nSPS) is 11.1. The highest BCUT2D eigenvalue weighted by atomic mass is 16.6. The van der Waals surface area contributed by atoms with Crippen molar-refractivity contribution in [3.05, 3.63) is 52.1 Å². The third-order valence-electron chi connectivity index (χ3n) is 2.56. The zero-order valence-corrected chi connectivity index (χ0v) is 8.91. The second-order valence-electron chi connectivity index (χ2n) is 3.55. The highest BCUT2D eigenvalue weighted by Gasteiger charge is 2.16. The molecule has 0 aromatic heterocycles. The SMILES string of the molecule is O=[N+]([O-])c1c(C/C=N\O)ccc2ccccc12. The second kappa shape index (κ2) is 4.61. The fraction of sp³-hybridized carbons (Fsp3) is 0.0833. The Labute approximate surface area is 97.1 Å². The highest BCUT2D eigenvalue weighted by molar-refractivity contribution is 5.93. The summed E-state index contributed by atoms with van der Waals surface area (Å²) in [5, 5.41) is 23.8. The fourth-order valence-corrected chi connectivity index (χ4v) is 1.82. The molecule has 0 aliphatic rings. The lowest BCUT2D eigenvalue weighted by Gasteiger charge is -2.03. The van der Waals surface area contributed by atoms with E-state index in [-0.39, 0.29) is 12.1 Å². The predicted octanol–water partition coefficient (Wildman–Crippen LogP) is 2.75. The third-order valence-corrected chi connectivity index (χ3v) is 2.56. The van der Waals surface area contributed by atoms with Crippen LogP contribution >= 0.6 is 0 Å². The first-order valence-electron chi connectivity index (χ1n) is 5.05. The van der Waals surface area contributed by atoms with Crippen molar-refractivity contribution in [1.82, 2.24) is 0 Å².